The molecule has 1 aliphatic carbocycles. The molecule has 1 fully saturated rings. The minimum atomic E-state index is -0.721. The van der Waals surface area contributed by atoms with Gasteiger partial charge in [0.15, 0.2) is 0 Å². The van der Waals surface area contributed by atoms with Crippen LogP contribution in [0.2, 0.25) is 0 Å². The van der Waals surface area contributed by atoms with Gasteiger partial charge in [-0.1, -0.05) is 47.5 Å². The Hall–Kier alpha value is -0.570. The predicted molar refractivity (Wildman–Crippen MR) is 74.6 cm³/mol. The fourth-order valence-electron chi connectivity index (χ4n) is 3.27. The van der Waals surface area contributed by atoms with Gasteiger partial charge in [-0.15, -0.1) is 0 Å². The molecule has 0 aromatic rings. The Balaban J connectivity index is 3.00. The monoisotopic (exact) mass is 255 g/mol. The van der Waals surface area contributed by atoms with E-state index in [1.54, 1.807) is 0 Å². The molecule has 0 radical (unpaired) electrons. The standard InChI is InChI=1S/C15H29NO2/c1-11(2)10-16-15(13(17)18)9-7-6-8-12(15)14(3,4)5/h11-12,16H,6-10H2,1-5H3,(H,17,18). The molecule has 3 heteroatoms. The summed E-state index contributed by atoms with van der Waals surface area (Å²) >= 11 is 0. The molecule has 0 spiro atoms. The number of carboxylic acid groups (broad SMARTS) is 1. The molecule has 0 heterocycles. The minimum Gasteiger partial charge on any atom is -0.480 e. The van der Waals surface area contributed by atoms with E-state index in [1.807, 2.05) is 0 Å². The van der Waals surface area contributed by atoms with Crippen molar-refractivity contribution in [2.45, 2.75) is 65.8 Å². The Labute approximate surface area is 111 Å². The Morgan fingerprint density at radius 2 is 2.00 bits per heavy atom. The molecule has 2 atom stereocenters. The van der Waals surface area contributed by atoms with Crippen LogP contribution in [0.4, 0.5) is 0 Å². The van der Waals surface area contributed by atoms with Crippen LogP contribution in [0.15, 0.2) is 0 Å². The first kappa shape index (κ1) is 15.5. The van der Waals surface area contributed by atoms with Gasteiger partial charge in [0.2, 0.25) is 0 Å². The third-order valence-corrected chi connectivity index (χ3v) is 4.16. The van der Waals surface area contributed by atoms with Crippen molar-refractivity contribution in [3.8, 4) is 0 Å². The van der Waals surface area contributed by atoms with Gasteiger partial charge in [-0.05, 0) is 36.6 Å². The lowest BCUT2D eigenvalue weighted by atomic mass is 9.62. The van der Waals surface area contributed by atoms with Crippen LogP contribution in [-0.4, -0.2) is 23.2 Å². The summed E-state index contributed by atoms with van der Waals surface area (Å²) in [6, 6.07) is 0. The highest BCUT2D eigenvalue weighted by atomic mass is 16.4. The Morgan fingerprint density at radius 1 is 1.39 bits per heavy atom. The summed E-state index contributed by atoms with van der Waals surface area (Å²) in [4.78, 5) is 11.9. The molecule has 0 amide bonds. The lowest BCUT2D eigenvalue weighted by Crippen LogP contribution is -2.62. The first-order valence-electron chi connectivity index (χ1n) is 7.18. The second kappa shape index (κ2) is 5.60. The summed E-state index contributed by atoms with van der Waals surface area (Å²) in [5, 5.41) is 13.2. The zero-order chi connectivity index (χ0) is 14.0. The predicted octanol–water partition coefficient (Wildman–Crippen LogP) is 3.29. The summed E-state index contributed by atoms with van der Waals surface area (Å²) in [7, 11) is 0. The summed E-state index contributed by atoms with van der Waals surface area (Å²) < 4.78 is 0. The summed E-state index contributed by atoms with van der Waals surface area (Å²) in [6.45, 7) is 11.5. The average Bonchev–Trinajstić information content (AvgIpc) is 2.25. The number of hydrogen-bond acceptors (Lipinski definition) is 2. The van der Waals surface area contributed by atoms with Gasteiger partial charge < -0.3 is 10.4 Å². The highest BCUT2D eigenvalue weighted by Gasteiger charge is 2.51. The number of hydrogen-bond donors (Lipinski definition) is 2. The van der Waals surface area contributed by atoms with E-state index in [4.69, 9.17) is 0 Å². The first-order chi connectivity index (χ1) is 8.20. The van der Waals surface area contributed by atoms with Gasteiger partial charge >= 0.3 is 5.97 Å². The molecule has 1 aliphatic rings. The fraction of sp³-hybridized carbons (Fsp3) is 0.933. The van der Waals surface area contributed by atoms with E-state index in [1.165, 1.54) is 0 Å². The maximum Gasteiger partial charge on any atom is 0.324 e. The molecule has 1 saturated carbocycles. The van der Waals surface area contributed by atoms with E-state index >= 15 is 0 Å². The van der Waals surface area contributed by atoms with Crippen LogP contribution < -0.4 is 5.32 Å². The van der Waals surface area contributed by atoms with Gasteiger partial charge in [0.1, 0.15) is 5.54 Å². The number of aliphatic carboxylic acids is 1. The van der Waals surface area contributed by atoms with Crippen molar-refractivity contribution in [3.63, 3.8) is 0 Å². The van der Waals surface area contributed by atoms with Crippen LogP contribution >= 0.6 is 0 Å². The highest BCUT2D eigenvalue weighted by Crippen LogP contribution is 2.44. The van der Waals surface area contributed by atoms with Gasteiger partial charge in [-0.2, -0.15) is 0 Å². The van der Waals surface area contributed by atoms with E-state index in [-0.39, 0.29) is 11.3 Å². The molecule has 2 N–H and O–H groups in total. The van der Waals surface area contributed by atoms with Crippen molar-refractivity contribution in [1.29, 1.82) is 0 Å². The Kier molecular flexibility index (Phi) is 4.82. The van der Waals surface area contributed by atoms with E-state index in [2.05, 4.69) is 39.9 Å². The van der Waals surface area contributed by atoms with Crippen LogP contribution in [0.1, 0.15) is 60.3 Å². The topological polar surface area (TPSA) is 49.3 Å². The van der Waals surface area contributed by atoms with Crippen molar-refractivity contribution >= 4 is 5.97 Å². The van der Waals surface area contributed by atoms with Crippen LogP contribution in [-0.2, 0) is 4.79 Å². The van der Waals surface area contributed by atoms with Crippen molar-refractivity contribution < 1.29 is 9.90 Å². The van der Waals surface area contributed by atoms with E-state index in [9.17, 15) is 9.90 Å². The lowest BCUT2D eigenvalue weighted by Gasteiger charge is -2.48. The second-order valence-corrected chi connectivity index (χ2v) is 7.22. The number of carboxylic acids is 1. The zero-order valence-electron chi connectivity index (χ0n) is 12.5. The van der Waals surface area contributed by atoms with Crippen molar-refractivity contribution in [1.82, 2.24) is 5.32 Å². The molecule has 2 unspecified atom stereocenters. The number of nitrogens with one attached hydrogen (secondary N) is 1. The average molecular weight is 255 g/mol. The molecule has 0 aromatic carbocycles. The molecular formula is C15H29NO2. The van der Waals surface area contributed by atoms with Gasteiger partial charge in [0.25, 0.3) is 0 Å². The second-order valence-electron chi connectivity index (χ2n) is 7.22. The summed E-state index contributed by atoms with van der Waals surface area (Å²) in [6.07, 6.45) is 3.95. The van der Waals surface area contributed by atoms with Gasteiger partial charge in [0, 0.05) is 0 Å². The molecule has 1 rings (SSSR count). The number of carbonyl (C=O) groups is 1. The van der Waals surface area contributed by atoms with E-state index in [0.717, 1.165) is 32.2 Å². The molecule has 0 saturated heterocycles. The van der Waals surface area contributed by atoms with E-state index in [0.29, 0.717) is 5.92 Å². The maximum absolute atomic E-state index is 11.9. The normalized spacial score (nSPS) is 29.6. The smallest absolute Gasteiger partial charge is 0.324 e. The molecule has 0 aromatic heterocycles. The third-order valence-electron chi connectivity index (χ3n) is 4.16. The molecule has 0 bridgehead atoms. The van der Waals surface area contributed by atoms with Gasteiger partial charge in [-0.3, -0.25) is 4.79 Å². The van der Waals surface area contributed by atoms with Crippen LogP contribution in [0, 0.1) is 17.3 Å². The van der Waals surface area contributed by atoms with E-state index < -0.39 is 11.5 Å². The lowest BCUT2D eigenvalue weighted by molar-refractivity contribution is -0.152. The highest BCUT2D eigenvalue weighted by molar-refractivity contribution is 5.79. The van der Waals surface area contributed by atoms with Crippen LogP contribution in [0.5, 0.6) is 0 Å². The molecular weight excluding hydrogens is 226 g/mol. The number of rotatable bonds is 4. The summed E-state index contributed by atoms with van der Waals surface area (Å²) in [5.74, 6) is 0.0153. The molecule has 18 heavy (non-hydrogen) atoms. The molecule has 0 aliphatic heterocycles. The first-order valence-corrected chi connectivity index (χ1v) is 7.18. The SMILES string of the molecule is CC(C)CNC1(C(=O)O)CCCCC1C(C)(C)C. The van der Waals surface area contributed by atoms with Crippen molar-refractivity contribution in [3.05, 3.63) is 0 Å². The Morgan fingerprint density at radius 3 is 2.44 bits per heavy atom. The maximum atomic E-state index is 11.9. The Bertz CT molecular complexity index is 293. The molecule has 3 nitrogen and oxygen atoms in total. The molecule has 106 valence electrons. The van der Waals surface area contributed by atoms with Crippen molar-refractivity contribution in [2.75, 3.05) is 6.54 Å². The van der Waals surface area contributed by atoms with Crippen LogP contribution in [0.25, 0.3) is 0 Å². The zero-order valence-corrected chi connectivity index (χ0v) is 12.5. The summed E-state index contributed by atoms with van der Waals surface area (Å²) in [5.41, 5.74) is -0.691. The quantitative estimate of drug-likeness (QED) is 0.810. The minimum absolute atomic E-state index is 0.0305. The van der Waals surface area contributed by atoms with Crippen molar-refractivity contribution in [2.24, 2.45) is 17.3 Å². The van der Waals surface area contributed by atoms with Crippen LogP contribution in [0.3, 0.4) is 0 Å². The van der Waals surface area contributed by atoms with Gasteiger partial charge in [-0.25, -0.2) is 0 Å². The van der Waals surface area contributed by atoms with Gasteiger partial charge in [0.05, 0.1) is 0 Å². The third kappa shape index (κ3) is 3.25. The fourth-order valence-corrected chi connectivity index (χ4v) is 3.27. The largest absolute Gasteiger partial charge is 0.480 e.